The molecule has 1 aliphatic rings. The molecule has 132 valence electrons. The van der Waals surface area contributed by atoms with Gasteiger partial charge in [0.2, 0.25) is 0 Å². The molecule has 1 N–H and O–H groups in total. The fourth-order valence-corrected chi connectivity index (χ4v) is 3.50. The van der Waals surface area contributed by atoms with Crippen LogP contribution in [0, 0.1) is 0 Å². The van der Waals surface area contributed by atoms with Gasteiger partial charge < -0.3 is 4.98 Å². The summed E-state index contributed by atoms with van der Waals surface area (Å²) < 4.78 is 0. The van der Waals surface area contributed by atoms with Crippen molar-refractivity contribution in [3.63, 3.8) is 0 Å². The van der Waals surface area contributed by atoms with E-state index in [1.165, 1.54) is 5.56 Å². The summed E-state index contributed by atoms with van der Waals surface area (Å²) in [4.78, 5) is 30.6. The Bertz CT molecular complexity index is 910. The molecule has 0 bridgehead atoms. The van der Waals surface area contributed by atoms with Crippen molar-refractivity contribution < 1.29 is 0 Å². The molecule has 6 nitrogen and oxygen atoms in total. The second-order valence-electron chi connectivity index (χ2n) is 6.67. The van der Waals surface area contributed by atoms with Crippen molar-refractivity contribution in [1.82, 2.24) is 24.8 Å². The van der Waals surface area contributed by atoms with Crippen molar-refractivity contribution in [2.45, 2.75) is 25.3 Å². The molecule has 1 aliphatic heterocycles. The lowest BCUT2D eigenvalue weighted by atomic mass is 9.94. The number of rotatable bonds is 4. The highest BCUT2D eigenvalue weighted by Crippen LogP contribution is 2.26. The van der Waals surface area contributed by atoms with E-state index in [2.05, 4.69) is 25.9 Å². The predicted molar refractivity (Wildman–Crippen MR) is 99.6 cm³/mol. The monoisotopic (exact) mass is 347 g/mol. The SMILES string of the molecule is O=c1cc([C@H]2CCCN(Cc3cccnc3)C2)nc(-c2ccccn2)[nH]1. The zero-order valence-electron chi connectivity index (χ0n) is 14.5. The second-order valence-corrected chi connectivity index (χ2v) is 6.67. The minimum absolute atomic E-state index is 0.125. The van der Waals surface area contributed by atoms with Gasteiger partial charge in [0.15, 0.2) is 5.82 Å². The summed E-state index contributed by atoms with van der Waals surface area (Å²) in [5.74, 6) is 0.794. The van der Waals surface area contributed by atoms with E-state index in [-0.39, 0.29) is 11.5 Å². The molecule has 1 atom stereocenters. The Hall–Kier alpha value is -2.86. The highest BCUT2D eigenvalue weighted by Gasteiger charge is 2.23. The summed E-state index contributed by atoms with van der Waals surface area (Å²) >= 11 is 0. The second kappa shape index (κ2) is 7.58. The molecule has 0 unspecified atom stereocenters. The largest absolute Gasteiger partial charge is 0.305 e. The third-order valence-corrected chi connectivity index (χ3v) is 4.72. The molecule has 3 aromatic heterocycles. The number of likely N-dealkylation sites (tertiary alicyclic amines) is 1. The van der Waals surface area contributed by atoms with Gasteiger partial charge in [0.25, 0.3) is 5.56 Å². The van der Waals surface area contributed by atoms with Crippen LogP contribution in [0.2, 0.25) is 0 Å². The standard InChI is InChI=1S/C20H21N5O/c26-19-11-18(23-20(24-19)17-7-1-2-9-22-17)16-6-4-10-25(14-16)13-15-5-3-8-21-12-15/h1-3,5,7-9,11-12,16H,4,6,10,13-14H2,(H,23,24,26)/t16-/m0/s1. The van der Waals surface area contributed by atoms with Crippen molar-refractivity contribution in [3.8, 4) is 11.5 Å². The summed E-state index contributed by atoms with van der Waals surface area (Å²) in [5, 5.41) is 0. The first-order valence-corrected chi connectivity index (χ1v) is 8.92. The van der Waals surface area contributed by atoms with Gasteiger partial charge in [-0.25, -0.2) is 4.98 Å². The maximum atomic E-state index is 12.2. The molecule has 0 aliphatic carbocycles. The van der Waals surface area contributed by atoms with Crippen LogP contribution >= 0.6 is 0 Å². The number of nitrogens with zero attached hydrogens (tertiary/aromatic N) is 4. The Labute approximate surface area is 152 Å². The minimum Gasteiger partial charge on any atom is -0.305 e. The first-order valence-electron chi connectivity index (χ1n) is 8.92. The van der Waals surface area contributed by atoms with Crippen LogP contribution in [-0.4, -0.2) is 37.9 Å². The maximum Gasteiger partial charge on any atom is 0.251 e. The van der Waals surface area contributed by atoms with Gasteiger partial charge in [0.1, 0.15) is 5.69 Å². The highest BCUT2D eigenvalue weighted by molar-refractivity contribution is 5.48. The molecule has 0 amide bonds. The van der Waals surface area contributed by atoms with Crippen LogP contribution in [0.1, 0.15) is 30.0 Å². The van der Waals surface area contributed by atoms with Crippen LogP contribution in [0.4, 0.5) is 0 Å². The van der Waals surface area contributed by atoms with Crippen molar-refractivity contribution in [2.24, 2.45) is 0 Å². The maximum absolute atomic E-state index is 12.2. The van der Waals surface area contributed by atoms with E-state index in [0.717, 1.165) is 38.2 Å². The van der Waals surface area contributed by atoms with Gasteiger partial charge in [0.05, 0.1) is 5.69 Å². The fourth-order valence-electron chi connectivity index (χ4n) is 3.50. The number of nitrogens with one attached hydrogen (secondary N) is 1. The average molecular weight is 347 g/mol. The van der Waals surface area contributed by atoms with Crippen molar-refractivity contribution in [3.05, 3.63) is 76.6 Å². The molecular formula is C20H21N5O. The van der Waals surface area contributed by atoms with E-state index in [1.807, 2.05) is 30.5 Å². The molecule has 0 spiro atoms. The van der Waals surface area contributed by atoms with Crippen LogP contribution in [0.3, 0.4) is 0 Å². The highest BCUT2D eigenvalue weighted by atomic mass is 16.1. The average Bonchev–Trinajstić information content (AvgIpc) is 2.69. The number of piperidine rings is 1. The van der Waals surface area contributed by atoms with Crippen LogP contribution < -0.4 is 5.56 Å². The van der Waals surface area contributed by atoms with Gasteiger partial charge in [-0.3, -0.25) is 19.7 Å². The lowest BCUT2D eigenvalue weighted by Gasteiger charge is -2.32. The Morgan fingerprint density at radius 2 is 2.15 bits per heavy atom. The molecule has 1 saturated heterocycles. The zero-order chi connectivity index (χ0) is 17.8. The first-order chi connectivity index (χ1) is 12.8. The topological polar surface area (TPSA) is 74.8 Å². The zero-order valence-corrected chi connectivity index (χ0v) is 14.5. The molecule has 4 heterocycles. The van der Waals surface area contributed by atoms with E-state index in [1.54, 1.807) is 18.5 Å². The number of pyridine rings is 2. The summed E-state index contributed by atoms with van der Waals surface area (Å²) in [5.41, 5.74) is 2.63. The summed E-state index contributed by atoms with van der Waals surface area (Å²) in [6.07, 6.45) is 7.55. The van der Waals surface area contributed by atoms with Gasteiger partial charge in [0, 0.05) is 43.7 Å². The van der Waals surface area contributed by atoms with Crippen molar-refractivity contribution in [1.29, 1.82) is 0 Å². The minimum atomic E-state index is -0.125. The molecule has 6 heteroatoms. The van der Waals surface area contributed by atoms with E-state index in [4.69, 9.17) is 4.98 Å². The van der Waals surface area contributed by atoms with Crippen LogP contribution in [0.25, 0.3) is 11.5 Å². The quantitative estimate of drug-likeness (QED) is 0.785. The van der Waals surface area contributed by atoms with Gasteiger partial charge in [-0.1, -0.05) is 12.1 Å². The Morgan fingerprint density at radius 1 is 1.19 bits per heavy atom. The van der Waals surface area contributed by atoms with Gasteiger partial charge in [-0.15, -0.1) is 0 Å². The molecule has 4 rings (SSSR count). The van der Waals surface area contributed by atoms with Gasteiger partial charge in [-0.2, -0.15) is 0 Å². The van der Waals surface area contributed by atoms with Crippen molar-refractivity contribution >= 4 is 0 Å². The molecule has 0 saturated carbocycles. The lowest BCUT2D eigenvalue weighted by Crippen LogP contribution is -2.34. The number of hydrogen-bond donors (Lipinski definition) is 1. The number of aromatic nitrogens is 4. The number of hydrogen-bond acceptors (Lipinski definition) is 5. The van der Waals surface area contributed by atoms with Gasteiger partial charge >= 0.3 is 0 Å². The molecule has 0 aromatic carbocycles. The van der Waals surface area contributed by atoms with Gasteiger partial charge in [-0.05, 0) is 43.1 Å². The molecule has 1 fully saturated rings. The normalized spacial score (nSPS) is 17.9. The van der Waals surface area contributed by atoms with Crippen LogP contribution in [0.15, 0.2) is 59.8 Å². The summed E-state index contributed by atoms with van der Waals surface area (Å²) in [6, 6.07) is 11.3. The Kier molecular flexibility index (Phi) is 4.84. The molecule has 3 aromatic rings. The predicted octanol–water partition coefficient (Wildman–Crippen LogP) is 2.61. The first kappa shape index (κ1) is 16.6. The number of aromatic amines is 1. The smallest absolute Gasteiger partial charge is 0.251 e. The Balaban J connectivity index is 1.55. The molecule has 0 radical (unpaired) electrons. The summed E-state index contributed by atoms with van der Waals surface area (Å²) in [7, 11) is 0. The summed E-state index contributed by atoms with van der Waals surface area (Å²) in [6.45, 7) is 2.83. The van der Waals surface area contributed by atoms with E-state index < -0.39 is 0 Å². The van der Waals surface area contributed by atoms with E-state index in [9.17, 15) is 4.79 Å². The Morgan fingerprint density at radius 3 is 2.96 bits per heavy atom. The third-order valence-electron chi connectivity index (χ3n) is 4.72. The van der Waals surface area contributed by atoms with Crippen molar-refractivity contribution in [2.75, 3.05) is 13.1 Å². The molecular weight excluding hydrogens is 326 g/mol. The van der Waals surface area contributed by atoms with E-state index in [0.29, 0.717) is 11.5 Å². The van der Waals surface area contributed by atoms with E-state index >= 15 is 0 Å². The number of H-pyrrole nitrogens is 1. The third kappa shape index (κ3) is 3.86. The van der Waals surface area contributed by atoms with Crippen LogP contribution in [0.5, 0.6) is 0 Å². The lowest BCUT2D eigenvalue weighted by molar-refractivity contribution is 0.198. The van der Waals surface area contributed by atoms with Crippen LogP contribution in [-0.2, 0) is 6.54 Å². The fraction of sp³-hybridized carbons (Fsp3) is 0.300. The molecule has 26 heavy (non-hydrogen) atoms.